The van der Waals surface area contributed by atoms with Gasteiger partial charge in [0.25, 0.3) is 11.6 Å². The van der Waals surface area contributed by atoms with Crippen molar-refractivity contribution in [2.45, 2.75) is 26.7 Å². The topological polar surface area (TPSA) is 128 Å². The van der Waals surface area contributed by atoms with Gasteiger partial charge in [0.05, 0.1) is 11.3 Å². The summed E-state index contributed by atoms with van der Waals surface area (Å²) in [7, 11) is 0. The Morgan fingerprint density at radius 2 is 1.72 bits per heavy atom. The largest absolute Gasteiger partial charge is 0.456 e. The van der Waals surface area contributed by atoms with Crippen LogP contribution >= 0.6 is 0 Å². The van der Waals surface area contributed by atoms with Gasteiger partial charge in [-0.05, 0) is 37.1 Å². The van der Waals surface area contributed by atoms with Crippen LogP contribution < -0.4 is 10.6 Å². The molecule has 0 aliphatic carbocycles. The maximum Gasteiger partial charge on any atom is 0.306 e. The molecule has 2 rings (SSSR count). The van der Waals surface area contributed by atoms with Gasteiger partial charge >= 0.3 is 5.97 Å². The summed E-state index contributed by atoms with van der Waals surface area (Å²) in [6.07, 6.45) is -0.405. The molecule has 0 bridgehead atoms. The Hall–Kier alpha value is -3.75. The minimum atomic E-state index is -0.699. The zero-order valence-corrected chi connectivity index (χ0v) is 16.1. The van der Waals surface area contributed by atoms with Gasteiger partial charge in [-0.15, -0.1) is 0 Å². The summed E-state index contributed by atoms with van der Waals surface area (Å²) in [5, 5.41) is 15.9. The van der Waals surface area contributed by atoms with Gasteiger partial charge in [-0.25, -0.2) is 0 Å². The van der Waals surface area contributed by atoms with E-state index in [1.54, 1.807) is 6.07 Å². The Morgan fingerprint density at radius 3 is 2.45 bits per heavy atom. The van der Waals surface area contributed by atoms with Crippen LogP contribution in [-0.2, 0) is 19.1 Å². The van der Waals surface area contributed by atoms with E-state index in [4.69, 9.17) is 4.74 Å². The summed E-state index contributed by atoms with van der Waals surface area (Å²) in [6, 6.07) is 10.9. The second kappa shape index (κ2) is 9.98. The molecule has 2 aromatic rings. The van der Waals surface area contributed by atoms with Crippen molar-refractivity contribution < 1.29 is 24.0 Å². The van der Waals surface area contributed by atoms with Gasteiger partial charge in [-0.3, -0.25) is 24.5 Å². The van der Waals surface area contributed by atoms with E-state index in [9.17, 15) is 24.5 Å². The number of rotatable bonds is 8. The first kappa shape index (κ1) is 21.5. The molecule has 0 aliphatic heterocycles. The number of anilines is 2. The summed E-state index contributed by atoms with van der Waals surface area (Å²) >= 11 is 0. The highest BCUT2D eigenvalue weighted by molar-refractivity contribution is 5.95. The first-order valence-electron chi connectivity index (χ1n) is 8.82. The Labute approximate surface area is 167 Å². The maximum absolute atomic E-state index is 11.9. The highest BCUT2D eigenvalue weighted by Crippen LogP contribution is 2.18. The number of carbonyl (C=O) groups is 3. The summed E-state index contributed by atoms with van der Waals surface area (Å²) < 4.78 is 4.88. The summed E-state index contributed by atoms with van der Waals surface area (Å²) in [4.78, 5) is 45.7. The number of hydrogen-bond acceptors (Lipinski definition) is 6. The van der Waals surface area contributed by atoms with Gasteiger partial charge in [-0.1, -0.05) is 18.2 Å². The highest BCUT2D eigenvalue weighted by atomic mass is 16.6. The van der Waals surface area contributed by atoms with E-state index in [1.807, 2.05) is 26.0 Å². The van der Waals surface area contributed by atoms with Crippen molar-refractivity contribution in [3.63, 3.8) is 0 Å². The number of aryl methyl sites for hydroxylation is 1. The van der Waals surface area contributed by atoms with Crippen molar-refractivity contribution in [1.29, 1.82) is 0 Å². The average Bonchev–Trinajstić information content (AvgIpc) is 2.68. The molecule has 2 N–H and O–H groups in total. The van der Waals surface area contributed by atoms with Gasteiger partial charge < -0.3 is 15.4 Å². The number of nitrogens with zero attached hydrogens (tertiary/aromatic N) is 1. The summed E-state index contributed by atoms with van der Waals surface area (Å²) in [6.45, 7) is 3.33. The highest BCUT2D eigenvalue weighted by Gasteiger charge is 2.13. The van der Waals surface area contributed by atoms with E-state index in [0.717, 1.165) is 11.1 Å². The molecule has 0 aliphatic rings. The number of hydrogen-bond donors (Lipinski definition) is 2. The molecule has 9 nitrogen and oxygen atoms in total. The molecule has 152 valence electrons. The number of ether oxygens (including phenoxy) is 1. The number of nitro groups is 1. The first-order chi connectivity index (χ1) is 13.8. The van der Waals surface area contributed by atoms with Gasteiger partial charge in [-0.2, -0.15) is 0 Å². The number of nitrogens with one attached hydrogen (secondary N) is 2. The lowest BCUT2D eigenvalue weighted by Gasteiger charge is -2.10. The van der Waals surface area contributed by atoms with Crippen LogP contribution in [-0.4, -0.2) is 29.3 Å². The fourth-order valence-corrected chi connectivity index (χ4v) is 2.43. The Bertz CT molecular complexity index is 942. The minimum Gasteiger partial charge on any atom is -0.456 e. The molecule has 2 amide bonds. The van der Waals surface area contributed by atoms with Crippen LogP contribution in [0.2, 0.25) is 0 Å². The molecule has 0 saturated carbocycles. The van der Waals surface area contributed by atoms with Crippen molar-refractivity contribution >= 4 is 34.8 Å². The number of carbonyl (C=O) groups excluding carboxylic acids is 3. The predicted molar refractivity (Wildman–Crippen MR) is 106 cm³/mol. The molecule has 0 unspecified atom stereocenters. The van der Waals surface area contributed by atoms with Crippen molar-refractivity contribution in [3.05, 3.63) is 63.7 Å². The molecule has 9 heteroatoms. The zero-order valence-electron chi connectivity index (χ0n) is 16.1. The van der Waals surface area contributed by atoms with Crippen LogP contribution in [0.5, 0.6) is 0 Å². The second-order valence-corrected chi connectivity index (χ2v) is 6.31. The number of benzene rings is 2. The molecule has 0 radical (unpaired) electrons. The van der Waals surface area contributed by atoms with Crippen LogP contribution in [0.25, 0.3) is 0 Å². The number of amides is 2. The van der Waals surface area contributed by atoms with Crippen LogP contribution in [0.3, 0.4) is 0 Å². The van der Waals surface area contributed by atoms with E-state index in [2.05, 4.69) is 10.6 Å². The average molecular weight is 399 g/mol. The first-order valence-corrected chi connectivity index (χ1v) is 8.82. The van der Waals surface area contributed by atoms with Crippen LogP contribution in [0, 0.1) is 24.0 Å². The van der Waals surface area contributed by atoms with Crippen LogP contribution in [0.4, 0.5) is 17.1 Å². The Kier molecular flexibility index (Phi) is 7.41. The molecular weight excluding hydrogens is 378 g/mol. The fourth-order valence-electron chi connectivity index (χ4n) is 2.43. The van der Waals surface area contributed by atoms with Crippen molar-refractivity contribution in [1.82, 2.24) is 0 Å². The normalized spacial score (nSPS) is 10.1. The smallest absolute Gasteiger partial charge is 0.306 e. The molecule has 0 aromatic heterocycles. The second-order valence-electron chi connectivity index (χ2n) is 6.31. The van der Waals surface area contributed by atoms with Crippen molar-refractivity contribution in [2.75, 3.05) is 17.2 Å². The van der Waals surface area contributed by atoms with Gasteiger partial charge in [0, 0.05) is 29.9 Å². The molecule has 0 heterocycles. The third kappa shape index (κ3) is 6.73. The monoisotopic (exact) mass is 399 g/mol. The predicted octanol–water partition coefficient (Wildman–Crippen LogP) is 3.11. The molecule has 0 saturated heterocycles. The number of non-ortho nitro benzene ring substituents is 1. The van der Waals surface area contributed by atoms with Crippen LogP contribution in [0.1, 0.15) is 24.0 Å². The SMILES string of the molecule is Cc1cccc(NC(=O)COC(=O)CCC(=O)Nc2cccc([N+](=O)[O-])c2)c1C. The van der Waals surface area contributed by atoms with Gasteiger partial charge in [0.1, 0.15) is 0 Å². The molecule has 29 heavy (non-hydrogen) atoms. The Morgan fingerprint density at radius 1 is 1.00 bits per heavy atom. The zero-order chi connectivity index (χ0) is 21.4. The van der Waals surface area contributed by atoms with E-state index in [1.165, 1.54) is 24.3 Å². The lowest BCUT2D eigenvalue weighted by atomic mass is 10.1. The number of nitro benzene ring substituents is 1. The molecule has 0 spiro atoms. The molecule has 2 aromatic carbocycles. The summed E-state index contributed by atoms with van der Waals surface area (Å²) in [5.74, 6) is -1.68. The van der Waals surface area contributed by atoms with Gasteiger partial charge in [0.15, 0.2) is 6.61 Å². The van der Waals surface area contributed by atoms with E-state index >= 15 is 0 Å². The molecule has 0 fully saturated rings. The lowest BCUT2D eigenvalue weighted by Crippen LogP contribution is -2.22. The minimum absolute atomic E-state index is 0.155. The maximum atomic E-state index is 11.9. The van der Waals surface area contributed by atoms with E-state index in [0.29, 0.717) is 5.69 Å². The third-order valence-electron chi connectivity index (χ3n) is 4.14. The van der Waals surface area contributed by atoms with E-state index in [-0.39, 0.29) is 24.2 Å². The Balaban J connectivity index is 1.74. The summed E-state index contributed by atoms with van der Waals surface area (Å²) in [5.41, 5.74) is 2.68. The molecular formula is C20H21N3O6. The van der Waals surface area contributed by atoms with Gasteiger partial charge in [0.2, 0.25) is 5.91 Å². The van der Waals surface area contributed by atoms with Crippen molar-refractivity contribution in [2.24, 2.45) is 0 Å². The van der Waals surface area contributed by atoms with Crippen molar-refractivity contribution in [3.8, 4) is 0 Å². The standard InChI is InChI=1S/C20H21N3O6/c1-13-5-3-8-17(14(13)2)22-19(25)12-29-20(26)10-9-18(24)21-15-6-4-7-16(11-15)23(27)28/h3-8,11H,9-10,12H2,1-2H3,(H,21,24)(H,22,25). The van der Waals surface area contributed by atoms with E-state index < -0.39 is 29.3 Å². The van der Waals surface area contributed by atoms with Crippen LogP contribution in [0.15, 0.2) is 42.5 Å². The quantitative estimate of drug-likeness (QED) is 0.399. The fraction of sp³-hybridized carbons (Fsp3) is 0.250. The molecule has 0 atom stereocenters. The number of esters is 1. The lowest BCUT2D eigenvalue weighted by molar-refractivity contribution is -0.384. The third-order valence-corrected chi connectivity index (χ3v) is 4.14.